The topological polar surface area (TPSA) is 34.1 Å². The van der Waals surface area contributed by atoms with Crippen molar-refractivity contribution in [2.75, 3.05) is 5.75 Å². The number of hydrogen-bond acceptors (Lipinski definition) is 2. The molecule has 0 bridgehead atoms. The number of hydrogen-bond donors (Lipinski definition) is 0. The van der Waals surface area contributed by atoms with Gasteiger partial charge in [0.05, 0.1) is 5.75 Å². The summed E-state index contributed by atoms with van der Waals surface area (Å²) in [4.78, 5) is 0. The lowest BCUT2D eigenvalue weighted by molar-refractivity contribution is -0.468. The molecule has 0 aromatic heterocycles. The van der Waals surface area contributed by atoms with Gasteiger partial charge in [0.15, 0.2) is 0 Å². The molecule has 0 aromatic rings. The van der Waals surface area contributed by atoms with Crippen LogP contribution in [0.1, 0.15) is 6.42 Å². The highest BCUT2D eigenvalue weighted by molar-refractivity contribution is 8.13. The third kappa shape index (κ3) is 4.56. The van der Waals surface area contributed by atoms with E-state index < -0.39 is 74.8 Å². The summed E-state index contributed by atoms with van der Waals surface area (Å²) < 4.78 is 268. The molecule has 0 atom stereocenters. The smallest absolute Gasteiger partial charge is 0.212 e. The van der Waals surface area contributed by atoms with Gasteiger partial charge in [0.25, 0.3) is 0 Å². The Hall–Kier alpha value is -1.09. The van der Waals surface area contributed by atoms with E-state index in [4.69, 9.17) is 0 Å². The molecule has 0 amide bonds. The molecule has 0 N–H and O–H groups in total. The first kappa shape index (κ1) is 32.9. The van der Waals surface area contributed by atoms with Crippen LogP contribution in [0.4, 0.5) is 83.4 Å². The quantitative estimate of drug-likeness (QED) is 0.211. The van der Waals surface area contributed by atoms with Crippen molar-refractivity contribution in [1.29, 1.82) is 0 Å². The minimum absolute atomic E-state index is 2.48. The van der Waals surface area contributed by atoms with Gasteiger partial charge in [-0.25, -0.2) is 8.42 Å². The summed E-state index contributed by atoms with van der Waals surface area (Å²) in [5.74, 6) is -70.1. The lowest BCUT2D eigenvalue weighted by Gasteiger charge is -2.43. The number of alkyl halides is 19. The van der Waals surface area contributed by atoms with Crippen LogP contribution in [-0.4, -0.2) is 67.7 Å². The van der Waals surface area contributed by atoms with E-state index in [1.54, 1.807) is 0 Å². The second-order valence-electron chi connectivity index (χ2n) is 6.22. The van der Waals surface area contributed by atoms with Crippen LogP contribution in [0.5, 0.6) is 0 Å². The van der Waals surface area contributed by atoms with E-state index in [0.29, 0.717) is 0 Å². The number of rotatable bonds is 10. The average molecular weight is 597 g/mol. The second-order valence-corrected chi connectivity index (χ2v) is 9.11. The summed E-state index contributed by atoms with van der Waals surface area (Å²) in [6.07, 6.45) is -11.2. The van der Waals surface area contributed by atoms with Crippen LogP contribution in [0, 0.1) is 0 Å². The molecule has 0 radical (unpaired) electrons. The molecule has 206 valence electrons. The van der Waals surface area contributed by atoms with E-state index in [1.165, 1.54) is 0 Å². The molecular formula is C11H4ClF19O2S. The van der Waals surface area contributed by atoms with E-state index >= 15 is 0 Å². The normalized spacial score (nSPS) is 16.7. The fraction of sp³-hybridized carbons (Fsp3) is 1.00. The van der Waals surface area contributed by atoms with E-state index in [-0.39, 0.29) is 0 Å². The monoisotopic (exact) mass is 596 g/mol. The van der Waals surface area contributed by atoms with Crippen molar-refractivity contribution in [2.24, 2.45) is 0 Å². The van der Waals surface area contributed by atoms with Crippen LogP contribution < -0.4 is 0 Å². The van der Waals surface area contributed by atoms with Crippen LogP contribution >= 0.6 is 10.7 Å². The molecule has 23 heteroatoms. The van der Waals surface area contributed by atoms with Gasteiger partial charge in [-0.15, -0.1) is 0 Å². The Morgan fingerprint density at radius 2 is 0.676 bits per heavy atom. The Labute approximate surface area is 178 Å². The van der Waals surface area contributed by atoms with Gasteiger partial charge in [0.2, 0.25) is 9.05 Å². The van der Waals surface area contributed by atoms with Crippen LogP contribution in [0.25, 0.3) is 0 Å². The molecule has 2 nitrogen and oxygen atoms in total. The highest BCUT2D eigenvalue weighted by Crippen LogP contribution is 2.65. The van der Waals surface area contributed by atoms with E-state index in [2.05, 4.69) is 10.7 Å². The SMILES string of the molecule is O=S(=O)(Cl)CCC(F)(F)C(F)(F)C(F)(F)C(F)(F)C(F)(F)C(F)(F)C(F)(F)C(F)(F)C(F)(F)F. The molecule has 0 spiro atoms. The standard InChI is InChI=1S/C11H4ClF19O2S/c12-34(32,33)2-1-3(13,14)4(15,16)5(17,18)6(19,20)7(21,22)8(23,24)9(25,26)10(27,28)11(29,30)31/h1-2H2. The van der Waals surface area contributed by atoms with Crippen molar-refractivity contribution in [3.05, 3.63) is 0 Å². The van der Waals surface area contributed by atoms with Crippen LogP contribution in [0.15, 0.2) is 0 Å². The van der Waals surface area contributed by atoms with Gasteiger partial charge < -0.3 is 0 Å². The molecule has 34 heavy (non-hydrogen) atoms. The molecule has 0 saturated heterocycles. The third-order valence-corrected chi connectivity index (χ3v) is 5.00. The van der Waals surface area contributed by atoms with E-state index in [9.17, 15) is 91.8 Å². The summed E-state index contributed by atoms with van der Waals surface area (Å²) in [6.45, 7) is 0. The largest absolute Gasteiger partial charge is 0.460 e. The molecular weight excluding hydrogens is 593 g/mol. The number of halogens is 20. The van der Waals surface area contributed by atoms with Gasteiger partial charge in [0, 0.05) is 17.1 Å². The molecule has 0 aliphatic carbocycles. The summed E-state index contributed by atoms with van der Waals surface area (Å²) >= 11 is 0. The maximum absolute atomic E-state index is 13.4. The Morgan fingerprint density at radius 1 is 0.441 bits per heavy atom. The third-order valence-electron chi connectivity index (χ3n) is 3.84. The van der Waals surface area contributed by atoms with Crippen molar-refractivity contribution in [2.45, 2.75) is 60.0 Å². The summed E-state index contributed by atoms with van der Waals surface area (Å²) in [7, 11) is -1.08. The maximum atomic E-state index is 13.4. The highest BCUT2D eigenvalue weighted by atomic mass is 35.7. The summed E-state index contributed by atoms with van der Waals surface area (Å²) in [5.41, 5.74) is 0. The molecule has 0 saturated carbocycles. The molecule has 0 unspecified atom stereocenters. The second kappa shape index (κ2) is 8.22. The Kier molecular flexibility index (Phi) is 7.95. The summed E-state index contributed by atoms with van der Waals surface area (Å²) in [5, 5.41) is 0. The highest BCUT2D eigenvalue weighted by Gasteiger charge is 2.96. The lowest BCUT2D eigenvalue weighted by atomic mass is 9.87. The Balaban J connectivity index is 6.82. The predicted octanol–water partition coefficient (Wildman–Crippen LogP) is 6.59. The molecule has 0 rings (SSSR count). The molecule has 0 aliphatic heterocycles. The first-order valence-corrected chi connectivity index (χ1v) is 9.70. The van der Waals surface area contributed by atoms with Crippen LogP contribution in [-0.2, 0) is 9.05 Å². The zero-order valence-electron chi connectivity index (χ0n) is 14.7. The predicted molar refractivity (Wildman–Crippen MR) is 69.9 cm³/mol. The van der Waals surface area contributed by atoms with Crippen LogP contribution in [0.3, 0.4) is 0 Å². The average Bonchev–Trinajstić information content (AvgIpc) is 2.57. The Morgan fingerprint density at radius 3 is 0.912 bits per heavy atom. The lowest BCUT2D eigenvalue weighted by Crippen LogP contribution is -2.75. The first-order chi connectivity index (χ1) is 14.2. The fourth-order valence-corrected chi connectivity index (χ4v) is 2.53. The van der Waals surface area contributed by atoms with Gasteiger partial charge in [-0.3, -0.25) is 0 Å². The van der Waals surface area contributed by atoms with Crippen molar-refractivity contribution in [3.8, 4) is 0 Å². The van der Waals surface area contributed by atoms with E-state index in [0.717, 1.165) is 0 Å². The maximum Gasteiger partial charge on any atom is 0.460 e. The molecule has 0 fully saturated rings. The summed E-state index contributed by atoms with van der Waals surface area (Å²) in [6, 6.07) is 0. The van der Waals surface area contributed by atoms with Gasteiger partial charge >= 0.3 is 53.6 Å². The molecule has 0 aliphatic rings. The minimum Gasteiger partial charge on any atom is -0.212 e. The van der Waals surface area contributed by atoms with Crippen molar-refractivity contribution >= 4 is 19.7 Å². The fourth-order valence-electron chi connectivity index (χ4n) is 1.80. The molecule has 0 heterocycles. The van der Waals surface area contributed by atoms with Crippen molar-refractivity contribution < 1.29 is 91.8 Å². The van der Waals surface area contributed by atoms with Crippen LogP contribution in [0.2, 0.25) is 0 Å². The van der Waals surface area contributed by atoms with Gasteiger partial charge in [-0.05, 0) is 0 Å². The minimum atomic E-state index is -9.01. The van der Waals surface area contributed by atoms with E-state index in [1.807, 2.05) is 0 Å². The first-order valence-electron chi connectivity index (χ1n) is 7.22. The zero-order valence-corrected chi connectivity index (χ0v) is 16.3. The van der Waals surface area contributed by atoms with Crippen molar-refractivity contribution in [3.63, 3.8) is 0 Å². The zero-order chi connectivity index (χ0) is 28.4. The molecule has 0 aromatic carbocycles. The Bertz CT molecular complexity index is 858. The van der Waals surface area contributed by atoms with Gasteiger partial charge in [-0.2, -0.15) is 83.4 Å². The van der Waals surface area contributed by atoms with Gasteiger partial charge in [0.1, 0.15) is 0 Å². The van der Waals surface area contributed by atoms with Gasteiger partial charge in [-0.1, -0.05) is 0 Å². The van der Waals surface area contributed by atoms with Crippen molar-refractivity contribution in [1.82, 2.24) is 0 Å².